The smallest absolute Gasteiger partial charge is 0.368 e. The zero-order valence-corrected chi connectivity index (χ0v) is 15.3. The molecule has 1 aliphatic carbocycles. The lowest BCUT2D eigenvalue weighted by atomic mass is 9.83. The van der Waals surface area contributed by atoms with Crippen LogP contribution in [0, 0.1) is 11.6 Å². The Labute approximate surface area is 166 Å². The van der Waals surface area contributed by atoms with E-state index < -0.39 is 75.3 Å². The van der Waals surface area contributed by atoms with Gasteiger partial charge in [0.15, 0.2) is 5.60 Å². The predicted molar refractivity (Wildman–Crippen MR) is 90.8 cm³/mol. The minimum Gasteiger partial charge on any atom is -0.368 e. The van der Waals surface area contributed by atoms with Crippen LogP contribution in [0.1, 0.15) is 21.8 Å². The normalized spacial score (nSPS) is 22.1. The molecule has 0 amide bonds. The number of alkyl halides is 3. The number of H-pyrrole nitrogens is 1. The van der Waals surface area contributed by atoms with Gasteiger partial charge in [0.25, 0.3) is 10.0 Å². The molecule has 1 aliphatic rings. The van der Waals surface area contributed by atoms with E-state index in [1.165, 1.54) is 0 Å². The SMILES string of the molecule is [2H]C([2H])([2H])O[C@@]1(C(F)(F)F)CCc2c(S(=O)(=O)Nc3cc(F)c(Cl)cc3F)c[nH]c2C1. The number of anilines is 1. The number of ether oxygens (including phenoxy) is 1. The van der Waals surface area contributed by atoms with Crippen LogP contribution < -0.4 is 4.72 Å². The maximum absolute atomic E-state index is 14.0. The first-order valence-corrected chi connectivity index (χ1v) is 9.54. The summed E-state index contributed by atoms with van der Waals surface area (Å²) in [4.78, 5) is 1.91. The van der Waals surface area contributed by atoms with Crippen molar-refractivity contribution in [1.82, 2.24) is 4.98 Å². The van der Waals surface area contributed by atoms with Crippen molar-refractivity contribution in [1.29, 1.82) is 0 Å². The van der Waals surface area contributed by atoms with Crippen molar-refractivity contribution < 1.29 is 39.2 Å². The van der Waals surface area contributed by atoms with Crippen LogP contribution in [0.25, 0.3) is 0 Å². The third-order valence-electron chi connectivity index (χ3n) is 4.54. The Bertz CT molecular complexity index is 1120. The lowest BCUT2D eigenvalue weighted by Gasteiger charge is -2.37. The van der Waals surface area contributed by atoms with Gasteiger partial charge in [-0.1, -0.05) is 11.6 Å². The number of aromatic nitrogens is 1. The summed E-state index contributed by atoms with van der Waals surface area (Å²) in [6.07, 6.45) is -6.48. The molecule has 0 bridgehead atoms. The number of fused-ring (bicyclic) bond motifs is 1. The van der Waals surface area contributed by atoms with Crippen molar-refractivity contribution in [2.24, 2.45) is 0 Å². The largest absolute Gasteiger partial charge is 0.417 e. The third kappa shape index (κ3) is 3.46. The second-order valence-electron chi connectivity index (χ2n) is 6.23. The lowest BCUT2D eigenvalue weighted by molar-refractivity contribution is -0.273. The molecular weight excluding hydrogens is 431 g/mol. The summed E-state index contributed by atoms with van der Waals surface area (Å²) in [6, 6.07) is 1.08. The summed E-state index contributed by atoms with van der Waals surface area (Å²) in [5.41, 5.74) is -4.04. The van der Waals surface area contributed by atoms with E-state index in [1.54, 1.807) is 0 Å². The monoisotopic (exact) mass is 447 g/mol. The van der Waals surface area contributed by atoms with Crippen LogP contribution in [0.2, 0.25) is 5.02 Å². The van der Waals surface area contributed by atoms with Gasteiger partial charge in [-0.2, -0.15) is 13.2 Å². The number of hydrogen-bond donors (Lipinski definition) is 2. The summed E-state index contributed by atoms with van der Waals surface area (Å²) in [5.74, 6) is -2.25. The van der Waals surface area contributed by atoms with E-state index in [9.17, 15) is 30.4 Å². The quantitative estimate of drug-likeness (QED) is 0.545. The lowest BCUT2D eigenvalue weighted by Crippen LogP contribution is -2.51. The fourth-order valence-electron chi connectivity index (χ4n) is 3.04. The van der Waals surface area contributed by atoms with Crippen LogP contribution in [-0.4, -0.2) is 32.2 Å². The van der Waals surface area contributed by atoms with Gasteiger partial charge in [0.1, 0.15) is 16.5 Å². The third-order valence-corrected chi connectivity index (χ3v) is 6.26. The first-order valence-electron chi connectivity index (χ1n) is 9.18. The predicted octanol–water partition coefficient (Wildman–Crippen LogP) is 4.18. The summed E-state index contributed by atoms with van der Waals surface area (Å²) in [5, 5.41) is -0.572. The molecule has 1 aromatic carbocycles. The molecule has 0 radical (unpaired) electrons. The molecule has 1 atom stereocenters. The van der Waals surface area contributed by atoms with Crippen LogP contribution in [0.5, 0.6) is 0 Å². The van der Waals surface area contributed by atoms with Gasteiger partial charge in [-0.05, 0) is 24.5 Å². The molecule has 0 spiro atoms. The Morgan fingerprint density at radius 3 is 2.68 bits per heavy atom. The van der Waals surface area contributed by atoms with E-state index >= 15 is 0 Å². The minimum absolute atomic E-state index is 0.0450. The van der Waals surface area contributed by atoms with Gasteiger partial charge in [-0.15, -0.1) is 0 Å². The highest BCUT2D eigenvalue weighted by Gasteiger charge is 2.57. The standard InChI is InChI=1S/C16H14ClF5N2O3S/c1-27-15(16(20,21)22)3-2-8-13(6-15)23-7-14(8)28(25,26)24-12-5-10(18)9(17)4-11(12)19/h4-5,7,23-24H,2-3,6H2,1H3/t15-/m0/s1/i1D3. The van der Waals surface area contributed by atoms with E-state index in [2.05, 4.69) is 9.72 Å². The Morgan fingerprint density at radius 1 is 1.32 bits per heavy atom. The average Bonchev–Trinajstić information content (AvgIpc) is 3.01. The zero-order chi connectivity index (χ0) is 23.4. The van der Waals surface area contributed by atoms with Gasteiger partial charge in [-0.25, -0.2) is 17.2 Å². The maximum Gasteiger partial charge on any atom is 0.417 e. The highest BCUT2D eigenvalue weighted by atomic mass is 35.5. The molecule has 12 heteroatoms. The van der Waals surface area contributed by atoms with E-state index in [4.69, 9.17) is 15.7 Å². The molecule has 1 heterocycles. The zero-order valence-electron chi connectivity index (χ0n) is 16.8. The molecule has 0 saturated heterocycles. The number of hydrogen-bond acceptors (Lipinski definition) is 3. The Kier molecular flexibility index (Phi) is 4.19. The van der Waals surface area contributed by atoms with Crippen LogP contribution >= 0.6 is 11.6 Å². The Hall–Kier alpha value is -1.85. The number of rotatable bonds is 4. The topological polar surface area (TPSA) is 71.2 Å². The highest BCUT2D eigenvalue weighted by Crippen LogP contribution is 2.44. The number of nitrogens with one attached hydrogen (secondary N) is 2. The molecule has 0 unspecified atom stereocenters. The Morgan fingerprint density at radius 2 is 2.04 bits per heavy atom. The highest BCUT2D eigenvalue weighted by molar-refractivity contribution is 7.92. The molecule has 2 aromatic rings. The number of benzene rings is 1. The van der Waals surface area contributed by atoms with Crippen molar-refractivity contribution in [3.63, 3.8) is 0 Å². The number of methoxy groups -OCH3 is 1. The molecule has 3 rings (SSSR count). The maximum atomic E-state index is 14.0. The van der Waals surface area contributed by atoms with Gasteiger partial charge < -0.3 is 9.72 Å². The molecule has 2 N–H and O–H groups in total. The van der Waals surface area contributed by atoms with Crippen molar-refractivity contribution in [2.45, 2.75) is 35.9 Å². The molecular formula is C16H14ClF5N2O3S. The Balaban J connectivity index is 1.96. The summed E-state index contributed by atoms with van der Waals surface area (Å²) < 4.78 is 121. The van der Waals surface area contributed by atoms with E-state index in [-0.39, 0.29) is 11.3 Å². The summed E-state index contributed by atoms with van der Waals surface area (Å²) in [6.45, 7) is 0. The first kappa shape index (κ1) is 17.0. The van der Waals surface area contributed by atoms with Gasteiger partial charge in [0, 0.05) is 31.4 Å². The average molecular weight is 448 g/mol. The summed E-state index contributed by atoms with van der Waals surface area (Å²) >= 11 is 5.42. The molecule has 0 aliphatic heterocycles. The molecule has 1 aromatic heterocycles. The van der Waals surface area contributed by atoms with E-state index in [0.717, 1.165) is 6.20 Å². The number of sulfonamides is 1. The van der Waals surface area contributed by atoms with Gasteiger partial charge in [0.05, 0.1) is 14.8 Å². The molecule has 5 nitrogen and oxygen atoms in total. The van der Waals surface area contributed by atoms with Crippen LogP contribution in [0.3, 0.4) is 0 Å². The summed E-state index contributed by atoms with van der Waals surface area (Å²) in [7, 11) is -7.88. The first-order chi connectivity index (χ1) is 14.0. The fraction of sp³-hybridized carbons (Fsp3) is 0.375. The van der Waals surface area contributed by atoms with Gasteiger partial charge >= 0.3 is 6.18 Å². The van der Waals surface area contributed by atoms with E-state index in [1.807, 2.05) is 4.72 Å². The molecule has 0 saturated carbocycles. The molecule has 0 fully saturated rings. The van der Waals surface area contributed by atoms with Gasteiger partial charge in [-0.3, -0.25) is 4.72 Å². The van der Waals surface area contributed by atoms with Crippen molar-refractivity contribution in [3.05, 3.63) is 46.2 Å². The van der Waals surface area contributed by atoms with Crippen LogP contribution in [-0.2, 0) is 27.6 Å². The second kappa shape index (κ2) is 6.89. The number of aromatic amines is 1. The number of halogens is 6. The van der Waals surface area contributed by atoms with Crippen molar-refractivity contribution >= 4 is 27.3 Å². The fourth-order valence-corrected chi connectivity index (χ4v) is 4.51. The second-order valence-corrected chi connectivity index (χ2v) is 8.29. The van der Waals surface area contributed by atoms with E-state index in [0.29, 0.717) is 12.1 Å². The van der Waals surface area contributed by atoms with Crippen molar-refractivity contribution in [2.75, 3.05) is 11.8 Å². The molecule has 28 heavy (non-hydrogen) atoms. The van der Waals surface area contributed by atoms with Crippen molar-refractivity contribution in [3.8, 4) is 0 Å². The molecule has 154 valence electrons. The minimum atomic E-state index is -5.05. The van der Waals surface area contributed by atoms with Gasteiger partial charge in [0.2, 0.25) is 0 Å². The van der Waals surface area contributed by atoms with Crippen LogP contribution in [0.4, 0.5) is 27.6 Å². The van der Waals surface area contributed by atoms with Crippen LogP contribution in [0.15, 0.2) is 23.2 Å².